The second-order valence-corrected chi connectivity index (χ2v) is 8.21. The number of nitrogens with one attached hydrogen (secondary N) is 1. The molecule has 158 valence electrons. The molecule has 0 bridgehead atoms. The molecule has 2 aromatic rings. The number of hydrogen-bond donors (Lipinski definition) is 2. The van der Waals surface area contributed by atoms with Crippen LogP contribution in [0, 0.1) is 5.82 Å². The van der Waals surface area contributed by atoms with E-state index in [0.717, 1.165) is 10.1 Å². The van der Waals surface area contributed by atoms with Crippen LogP contribution in [0.3, 0.4) is 0 Å². The standard InChI is InChI=1S/C18H17FN3O7P/c19-12-9-22(18(25)20-17(12)24)16-8-14(23)15(29-16)10-28-30(26)21-13(6-7-27-30)11-4-2-1-3-5-11/h1-7,9,14-16,23H,8,10H2,(H,20,24,25)/t14-,15+,16+,30?/m0/s1. The first kappa shape index (κ1) is 20.4. The summed E-state index contributed by atoms with van der Waals surface area (Å²) in [6, 6.07) is 9.01. The van der Waals surface area contributed by atoms with Crippen molar-refractivity contribution in [3.8, 4) is 0 Å². The van der Waals surface area contributed by atoms with E-state index in [0.29, 0.717) is 11.9 Å². The van der Waals surface area contributed by atoms with Crippen molar-refractivity contribution in [3.63, 3.8) is 0 Å². The summed E-state index contributed by atoms with van der Waals surface area (Å²) in [6.45, 7) is -0.352. The quantitative estimate of drug-likeness (QED) is 0.677. The molecule has 3 heterocycles. The molecule has 0 saturated carbocycles. The molecular weight excluding hydrogens is 420 g/mol. The van der Waals surface area contributed by atoms with Crippen molar-refractivity contribution in [3.05, 3.63) is 81.1 Å². The molecule has 1 unspecified atom stereocenters. The van der Waals surface area contributed by atoms with Crippen LogP contribution in [0.1, 0.15) is 18.2 Å². The molecule has 30 heavy (non-hydrogen) atoms. The Morgan fingerprint density at radius 2 is 2.10 bits per heavy atom. The number of ether oxygens (including phenoxy) is 1. The Labute approximate surface area is 168 Å². The summed E-state index contributed by atoms with van der Waals surface area (Å²) in [5.41, 5.74) is -0.906. The molecule has 10 nitrogen and oxygen atoms in total. The first-order valence-electron chi connectivity index (χ1n) is 8.94. The van der Waals surface area contributed by atoms with Gasteiger partial charge in [-0.1, -0.05) is 30.3 Å². The second kappa shape index (κ2) is 8.11. The van der Waals surface area contributed by atoms with Gasteiger partial charge < -0.3 is 14.4 Å². The molecule has 4 atom stereocenters. The monoisotopic (exact) mass is 437 g/mol. The van der Waals surface area contributed by atoms with Gasteiger partial charge in [0, 0.05) is 12.0 Å². The normalized spacial score (nSPS) is 28.2. The Bertz CT molecular complexity index is 1160. The van der Waals surface area contributed by atoms with Gasteiger partial charge in [0.15, 0.2) is 0 Å². The summed E-state index contributed by atoms with van der Waals surface area (Å²) in [5, 5.41) is 10.2. The lowest BCUT2D eigenvalue weighted by Crippen LogP contribution is -2.34. The third-order valence-electron chi connectivity index (χ3n) is 4.56. The molecule has 1 aromatic carbocycles. The highest BCUT2D eigenvalue weighted by molar-refractivity contribution is 7.52. The molecular formula is C18H17FN3O7P. The van der Waals surface area contributed by atoms with Crippen molar-refractivity contribution in [1.29, 1.82) is 0 Å². The van der Waals surface area contributed by atoms with Crippen molar-refractivity contribution < 1.29 is 27.8 Å². The van der Waals surface area contributed by atoms with Crippen molar-refractivity contribution in [2.75, 3.05) is 6.61 Å². The Morgan fingerprint density at radius 3 is 2.87 bits per heavy atom. The fourth-order valence-corrected chi connectivity index (χ4v) is 4.22. The first-order chi connectivity index (χ1) is 14.3. The van der Waals surface area contributed by atoms with Crippen LogP contribution in [-0.2, 0) is 18.3 Å². The van der Waals surface area contributed by atoms with E-state index in [1.54, 1.807) is 30.3 Å². The Balaban J connectivity index is 1.45. The first-order valence-corrected chi connectivity index (χ1v) is 10.4. The van der Waals surface area contributed by atoms with Crippen LogP contribution in [0.4, 0.5) is 4.39 Å². The van der Waals surface area contributed by atoms with E-state index >= 15 is 0 Å². The maximum Gasteiger partial charge on any atom is 0.507 e. The lowest BCUT2D eigenvalue weighted by Gasteiger charge is -2.20. The van der Waals surface area contributed by atoms with Gasteiger partial charge in [-0.3, -0.25) is 18.9 Å². The van der Waals surface area contributed by atoms with Gasteiger partial charge in [-0.25, -0.2) is 9.36 Å². The van der Waals surface area contributed by atoms with E-state index in [4.69, 9.17) is 13.8 Å². The molecule has 0 amide bonds. The number of aromatic amines is 1. The summed E-state index contributed by atoms with van der Waals surface area (Å²) in [6.07, 6.45) is 0.285. The minimum atomic E-state index is -3.90. The number of hydrogen-bond acceptors (Lipinski definition) is 7. The van der Waals surface area contributed by atoms with E-state index in [1.165, 1.54) is 6.26 Å². The van der Waals surface area contributed by atoms with Crippen molar-refractivity contribution in [2.45, 2.75) is 24.9 Å². The zero-order chi connectivity index (χ0) is 21.3. The van der Waals surface area contributed by atoms with Gasteiger partial charge in [0.1, 0.15) is 12.3 Å². The highest BCUT2D eigenvalue weighted by atomic mass is 31.2. The molecule has 1 saturated heterocycles. The molecule has 0 radical (unpaired) electrons. The summed E-state index contributed by atoms with van der Waals surface area (Å²) in [5.74, 6) is -1.16. The third-order valence-corrected chi connectivity index (χ3v) is 5.88. The van der Waals surface area contributed by atoms with Gasteiger partial charge >= 0.3 is 13.4 Å². The number of halogens is 1. The summed E-state index contributed by atoms with van der Waals surface area (Å²) < 4.78 is 47.1. The van der Waals surface area contributed by atoms with Crippen LogP contribution < -0.4 is 11.2 Å². The molecule has 1 fully saturated rings. The molecule has 0 aliphatic carbocycles. The van der Waals surface area contributed by atoms with E-state index in [-0.39, 0.29) is 13.0 Å². The summed E-state index contributed by atoms with van der Waals surface area (Å²) in [4.78, 5) is 24.9. The number of aliphatic hydroxyl groups is 1. The minimum Gasteiger partial charge on any atom is -0.416 e. The molecule has 2 N–H and O–H groups in total. The maximum atomic E-state index is 13.5. The van der Waals surface area contributed by atoms with Gasteiger partial charge in [0.2, 0.25) is 5.82 Å². The van der Waals surface area contributed by atoms with E-state index in [9.17, 15) is 23.7 Å². The van der Waals surface area contributed by atoms with E-state index in [1.807, 2.05) is 11.1 Å². The molecule has 12 heteroatoms. The van der Waals surface area contributed by atoms with Gasteiger partial charge in [-0.2, -0.15) is 9.15 Å². The zero-order valence-electron chi connectivity index (χ0n) is 15.4. The van der Waals surface area contributed by atoms with Crippen molar-refractivity contribution in [1.82, 2.24) is 9.55 Å². The molecule has 2 aliphatic heterocycles. The van der Waals surface area contributed by atoms with E-state index in [2.05, 4.69) is 4.76 Å². The number of aromatic nitrogens is 2. The topological polar surface area (TPSA) is 132 Å². The van der Waals surface area contributed by atoms with Gasteiger partial charge in [0.05, 0.1) is 30.9 Å². The third kappa shape index (κ3) is 4.19. The van der Waals surface area contributed by atoms with Crippen LogP contribution in [-0.4, -0.2) is 39.2 Å². The van der Waals surface area contributed by atoms with Gasteiger partial charge in [-0.05, 0) is 6.08 Å². The molecule has 1 aromatic heterocycles. The van der Waals surface area contributed by atoms with Crippen LogP contribution in [0.5, 0.6) is 0 Å². The number of rotatable bonds is 5. The molecule has 2 aliphatic rings. The lowest BCUT2D eigenvalue weighted by molar-refractivity contribution is -0.0428. The van der Waals surface area contributed by atoms with Crippen molar-refractivity contribution >= 4 is 13.5 Å². The fourth-order valence-electron chi connectivity index (χ4n) is 3.06. The number of allylic oxidation sites excluding steroid dienone is 1. The largest absolute Gasteiger partial charge is 0.507 e. The SMILES string of the molecule is O=c1[nH]c(=O)n([C@H]2C[C@H](O)[C@@H](COP3(=O)N=C(c4ccccc4)C=CO3)O2)cc1F. The number of nitrogens with zero attached hydrogens (tertiary/aromatic N) is 2. The Kier molecular flexibility index (Phi) is 5.52. The van der Waals surface area contributed by atoms with Crippen molar-refractivity contribution in [2.24, 2.45) is 4.76 Å². The van der Waals surface area contributed by atoms with Gasteiger partial charge in [0.25, 0.3) is 5.56 Å². The summed E-state index contributed by atoms with van der Waals surface area (Å²) >= 11 is 0. The maximum absolute atomic E-state index is 13.5. The minimum absolute atomic E-state index is 0.0665. The predicted molar refractivity (Wildman–Crippen MR) is 103 cm³/mol. The Morgan fingerprint density at radius 1 is 1.33 bits per heavy atom. The van der Waals surface area contributed by atoms with Gasteiger partial charge in [-0.15, -0.1) is 0 Å². The summed E-state index contributed by atoms with van der Waals surface area (Å²) in [7, 11) is -3.90. The number of aliphatic hydroxyl groups excluding tert-OH is 1. The zero-order valence-corrected chi connectivity index (χ0v) is 16.3. The number of H-pyrrole nitrogens is 1. The van der Waals surface area contributed by atoms with E-state index < -0.39 is 43.2 Å². The lowest BCUT2D eigenvalue weighted by atomic mass is 10.1. The van der Waals surface area contributed by atoms with Crippen LogP contribution in [0.15, 0.2) is 63.2 Å². The fraction of sp³-hybridized carbons (Fsp3) is 0.278. The number of benzene rings is 1. The molecule has 0 spiro atoms. The van der Waals surface area contributed by atoms with Crippen LogP contribution in [0.25, 0.3) is 0 Å². The average Bonchev–Trinajstić information content (AvgIpc) is 3.10. The predicted octanol–water partition coefficient (Wildman–Crippen LogP) is 1.48. The smallest absolute Gasteiger partial charge is 0.416 e. The van der Waals surface area contributed by atoms with Crippen LogP contribution in [0.2, 0.25) is 0 Å². The average molecular weight is 437 g/mol. The highest BCUT2D eigenvalue weighted by Crippen LogP contribution is 2.52. The Hall–Kier alpha value is -2.85. The highest BCUT2D eigenvalue weighted by Gasteiger charge is 2.38. The second-order valence-electron chi connectivity index (χ2n) is 6.60. The molecule has 4 rings (SSSR count). The van der Waals surface area contributed by atoms with Crippen LogP contribution >= 0.6 is 7.75 Å².